The number of nitrogens with one attached hydrogen (secondary N) is 2. The SMILES string of the molecule is [2H]N1Cc2nc(C(=O)O)nc(N[C@@H](c3cnc4ccccc4c3)C3CC3)c2N1C(C)CC. The molecule has 160 valence electrons. The summed E-state index contributed by atoms with van der Waals surface area (Å²) in [6.45, 7) is 4.32. The van der Waals surface area contributed by atoms with E-state index >= 15 is 0 Å². The summed E-state index contributed by atoms with van der Waals surface area (Å²) in [5.74, 6) is -0.545. The number of pyridine rings is 1. The van der Waals surface area contributed by atoms with Crippen LogP contribution < -0.4 is 15.7 Å². The smallest absolute Gasteiger partial charge is 0.374 e. The number of carboxylic acids is 1. The molecule has 8 heteroatoms. The van der Waals surface area contributed by atoms with Crippen LogP contribution in [0.5, 0.6) is 0 Å². The Morgan fingerprint density at radius 2 is 2.19 bits per heavy atom. The van der Waals surface area contributed by atoms with E-state index in [-0.39, 0.29) is 24.5 Å². The fraction of sp³-hybridized carbons (Fsp3) is 0.391. The maximum absolute atomic E-state index is 11.7. The summed E-state index contributed by atoms with van der Waals surface area (Å²) in [5.41, 5.74) is 4.58. The predicted molar refractivity (Wildman–Crippen MR) is 119 cm³/mol. The highest BCUT2D eigenvalue weighted by Gasteiger charge is 2.36. The second kappa shape index (κ2) is 7.77. The van der Waals surface area contributed by atoms with Gasteiger partial charge in [0.15, 0.2) is 5.82 Å². The Bertz CT molecular complexity index is 1180. The van der Waals surface area contributed by atoms with Crippen molar-refractivity contribution >= 4 is 28.4 Å². The molecular formula is C23H26N6O2. The molecule has 8 nitrogen and oxygen atoms in total. The zero-order chi connectivity index (χ0) is 22.4. The van der Waals surface area contributed by atoms with Crippen LogP contribution in [-0.2, 0) is 6.54 Å². The van der Waals surface area contributed by atoms with Crippen molar-refractivity contribution < 1.29 is 11.3 Å². The van der Waals surface area contributed by atoms with E-state index in [0.717, 1.165) is 35.7 Å². The van der Waals surface area contributed by atoms with Crippen molar-refractivity contribution in [1.29, 1.82) is 0 Å². The summed E-state index contributed by atoms with van der Waals surface area (Å²) >= 11 is 0. The second-order valence-corrected chi connectivity index (χ2v) is 8.32. The van der Waals surface area contributed by atoms with Crippen LogP contribution in [0.25, 0.3) is 10.9 Å². The molecule has 0 bridgehead atoms. The number of fused-ring (bicyclic) bond motifs is 2. The molecule has 1 saturated carbocycles. The summed E-state index contributed by atoms with van der Waals surface area (Å²) in [6, 6.07) is 10.1. The zero-order valence-corrected chi connectivity index (χ0v) is 17.6. The number of hydrazine groups is 1. The first-order chi connectivity index (χ1) is 15.5. The fourth-order valence-electron chi connectivity index (χ4n) is 4.10. The molecule has 0 spiro atoms. The van der Waals surface area contributed by atoms with Gasteiger partial charge in [-0.05, 0) is 49.8 Å². The van der Waals surface area contributed by atoms with Gasteiger partial charge in [-0.2, -0.15) is 0 Å². The van der Waals surface area contributed by atoms with Crippen LogP contribution in [0, 0.1) is 5.92 Å². The van der Waals surface area contributed by atoms with Crippen molar-refractivity contribution in [1.82, 2.24) is 20.4 Å². The lowest BCUT2D eigenvalue weighted by Gasteiger charge is -2.29. The zero-order valence-electron chi connectivity index (χ0n) is 18.6. The topological polar surface area (TPSA) is 103 Å². The minimum Gasteiger partial charge on any atom is -0.475 e. The fourth-order valence-corrected chi connectivity index (χ4v) is 4.10. The van der Waals surface area contributed by atoms with Crippen LogP contribution in [0.3, 0.4) is 0 Å². The van der Waals surface area contributed by atoms with Crippen LogP contribution in [-0.4, -0.2) is 32.1 Å². The number of para-hydroxylation sites is 1. The normalized spacial score (nSPS) is 18.5. The van der Waals surface area contributed by atoms with Gasteiger partial charge in [-0.25, -0.2) is 20.2 Å². The van der Waals surface area contributed by atoms with Gasteiger partial charge in [-0.15, -0.1) is 0 Å². The largest absolute Gasteiger partial charge is 0.475 e. The van der Waals surface area contributed by atoms with Crippen LogP contribution in [0.15, 0.2) is 36.5 Å². The Balaban J connectivity index is 1.59. The lowest BCUT2D eigenvalue weighted by Crippen LogP contribution is -2.40. The minimum atomic E-state index is -1.18. The van der Waals surface area contributed by atoms with Crippen molar-refractivity contribution in [3.8, 4) is 0 Å². The van der Waals surface area contributed by atoms with E-state index in [1.165, 1.54) is 5.42 Å². The standard InChI is InChI=1S/C23H26N6O2/c1-3-13(2)29-20-18(12-25-29)26-22(23(30)31)28-21(20)27-19(14-8-9-14)16-10-15-6-4-5-7-17(15)24-11-16/h4-7,10-11,13-14,19,25H,3,8-9,12H2,1-2H3,(H,30,31)(H,26,27,28)/t13?,19-/m1/s1/i/hD. The third-order valence-corrected chi connectivity index (χ3v) is 6.11. The molecule has 3 N–H and O–H groups in total. The first kappa shape index (κ1) is 18.5. The van der Waals surface area contributed by atoms with Crippen LogP contribution in [0.4, 0.5) is 11.5 Å². The second-order valence-electron chi connectivity index (χ2n) is 8.32. The van der Waals surface area contributed by atoms with Gasteiger partial charge < -0.3 is 15.4 Å². The molecule has 3 aromatic rings. The number of anilines is 2. The average Bonchev–Trinajstić information content (AvgIpc) is 3.57. The van der Waals surface area contributed by atoms with Gasteiger partial charge in [0.2, 0.25) is 5.82 Å². The third-order valence-electron chi connectivity index (χ3n) is 6.11. The highest BCUT2D eigenvalue weighted by molar-refractivity contribution is 5.85. The molecule has 2 atom stereocenters. The van der Waals surface area contributed by atoms with Gasteiger partial charge in [0, 0.05) is 17.6 Å². The van der Waals surface area contributed by atoms with E-state index in [4.69, 9.17) is 1.41 Å². The molecular weight excluding hydrogens is 392 g/mol. The van der Waals surface area contributed by atoms with E-state index in [1.807, 2.05) is 42.4 Å². The summed E-state index contributed by atoms with van der Waals surface area (Å²) in [5, 5.41) is 16.0. The summed E-state index contributed by atoms with van der Waals surface area (Å²) in [6.07, 6.45) is 4.89. The van der Waals surface area contributed by atoms with E-state index in [0.29, 0.717) is 23.1 Å². The van der Waals surface area contributed by atoms with Gasteiger partial charge in [0.25, 0.3) is 0 Å². The molecule has 1 fully saturated rings. The first-order valence-corrected chi connectivity index (χ1v) is 10.8. The number of aromatic carboxylic acids is 1. The highest BCUT2D eigenvalue weighted by atomic mass is 16.4. The third kappa shape index (κ3) is 3.67. The van der Waals surface area contributed by atoms with E-state index in [9.17, 15) is 9.90 Å². The predicted octanol–water partition coefficient (Wildman–Crippen LogP) is 3.91. The number of carboxylic acid groups (broad SMARTS) is 1. The van der Waals surface area contributed by atoms with Crippen molar-refractivity contribution in [2.24, 2.45) is 5.92 Å². The van der Waals surface area contributed by atoms with Gasteiger partial charge in [0.05, 0.1) is 23.8 Å². The molecule has 2 aromatic heterocycles. The number of rotatable bonds is 7. The molecule has 0 radical (unpaired) electrons. The van der Waals surface area contributed by atoms with Crippen molar-refractivity contribution in [3.63, 3.8) is 0 Å². The Hall–Kier alpha value is -3.26. The van der Waals surface area contributed by atoms with Gasteiger partial charge in [-0.1, -0.05) is 25.1 Å². The van der Waals surface area contributed by atoms with E-state index in [1.54, 1.807) is 0 Å². The molecule has 2 aliphatic rings. The van der Waals surface area contributed by atoms with Crippen LogP contribution >= 0.6 is 0 Å². The Morgan fingerprint density at radius 1 is 1.39 bits per heavy atom. The summed E-state index contributed by atoms with van der Waals surface area (Å²) in [4.78, 5) is 25.0. The van der Waals surface area contributed by atoms with Crippen LogP contribution in [0.2, 0.25) is 1.41 Å². The Labute approximate surface area is 182 Å². The molecule has 0 saturated heterocycles. The maximum atomic E-state index is 11.7. The summed E-state index contributed by atoms with van der Waals surface area (Å²) < 4.78 is 8.42. The molecule has 1 aliphatic heterocycles. The lowest BCUT2D eigenvalue weighted by atomic mass is 10.0. The van der Waals surface area contributed by atoms with Gasteiger partial charge in [-0.3, -0.25) is 4.98 Å². The molecule has 31 heavy (non-hydrogen) atoms. The van der Waals surface area contributed by atoms with E-state index in [2.05, 4.69) is 33.3 Å². The monoisotopic (exact) mass is 419 g/mol. The average molecular weight is 420 g/mol. The number of hydrogen-bond donors (Lipinski definition) is 3. The van der Waals surface area contributed by atoms with Gasteiger partial charge in [0.1, 0.15) is 7.10 Å². The van der Waals surface area contributed by atoms with E-state index < -0.39 is 5.97 Å². The van der Waals surface area contributed by atoms with Crippen LogP contribution in [0.1, 0.15) is 61.0 Å². The molecule has 5 rings (SSSR count). The van der Waals surface area contributed by atoms with Crippen molar-refractivity contribution in [2.75, 3.05) is 10.3 Å². The quantitative estimate of drug-likeness (QED) is 0.530. The number of benzene rings is 1. The minimum absolute atomic E-state index is 0.0497. The van der Waals surface area contributed by atoms with Gasteiger partial charge >= 0.3 is 5.97 Å². The molecule has 0 amide bonds. The number of hydrogen-bond acceptors (Lipinski definition) is 7. The first-order valence-electron chi connectivity index (χ1n) is 11.2. The highest BCUT2D eigenvalue weighted by Crippen LogP contribution is 2.45. The number of aromatic nitrogens is 3. The number of carbonyl (C=O) groups is 1. The maximum Gasteiger partial charge on any atom is 0.374 e. The molecule has 1 aliphatic carbocycles. The number of nitrogens with zero attached hydrogens (tertiary/aromatic N) is 4. The molecule has 1 unspecified atom stereocenters. The van der Waals surface area contributed by atoms with Crippen molar-refractivity contribution in [3.05, 3.63) is 53.6 Å². The Morgan fingerprint density at radius 3 is 2.94 bits per heavy atom. The molecule has 1 aromatic carbocycles. The van der Waals surface area contributed by atoms with Crippen molar-refractivity contribution in [2.45, 2.75) is 51.7 Å². The molecule has 3 heterocycles. The summed E-state index contributed by atoms with van der Waals surface area (Å²) in [7, 11) is 0. The lowest BCUT2D eigenvalue weighted by molar-refractivity contribution is 0.0683. The Kier molecular flexibility index (Phi) is 4.64.